The van der Waals surface area contributed by atoms with E-state index in [9.17, 15) is 19.2 Å². The van der Waals surface area contributed by atoms with Crippen LogP contribution in [0.1, 0.15) is 27.7 Å². The maximum atomic E-state index is 12.5. The van der Waals surface area contributed by atoms with Crippen molar-refractivity contribution in [2.24, 2.45) is 5.92 Å². The highest BCUT2D eigenvalue weighted by molar-refractivity contribution is 6.06. The summed E-state index contributed by atoms with van der Waals surface area (Å²) in [6.07, 6.45) is 0. The molecule has 8 nitrogen and oxygen atoms in total. The molecule has 1 unspecified atom stereocenters. The van der Waals surface area contributed by atoms with E-state index in [2.05, 4.69) is 5.32 Å². The van der Waals surface area contributed by atoms with E-state index in [-0.39, 0.29) is 13.1 Å². The molecule has 0 radical (unpaired) electrons. The van der Waals surface area contributed by atoms with Crippen molar-refractivity contribution in [2.75, 3.05) is 19.6 Å². The van der Waals surface area contributed by atoms with Gasteiger partial charge in [0.05, 0.1) is 5.92 Å². The standard InChI is InChI=1S/C13H21N3O5/c1-5-15(6-8(2)10(18)19)12(21)16-7-9(17)14-11(20)13(16,3)4/h8H,5-7H2,1-4H3,(H,18,19)(H,14,17,20). The number of nitrogens with one attached hydrogen (secondary N) is 1. The molecule has 8 heteroatoms. The summed E-state index contributed by atoms with van der Waals surface area (Å²) in [5, 5.41) is 11.1. The minimum absolute atomic E-state index is 0.0209. The smallest absolute Gasteiger partial charge is 0.321 e. The van der Waals surface area contributed by atoms with E-state index in [1.807, 2.05) is 0 Å². The molecular formula is C13H21N3O5. The predicted molar refractivity (Wildman–Crippen MR) is 73.4 cm³/mol. The minimum atomic E-state index is -1.16. The van der Waals surface area contributed by atoms with Crippen molar-refractivity contribution in [1.82, 2.24) is 15.1 Å². The number of hydrogen-bond donors (Lipinski definition) is 2. The molecule has 2 N–H and O–H groups in total. The zero-order valence-electron chi connectivity index (χ0n) is 12.7. The summed E-state index contributed by atoms with van der Waals surface area (Å²) in [4.78, 5) is 49.3. The molecule has 0 aromatic carbocycles. The summed E-state index contributed by atoms with van der Waals surface area (Å²) in [6, 6.07) is -0.515. The Morgan fingerprint density at radius 1 is 1.43 bits per heavy atom. The van der Waals surface area contributed by atoms with Crippen molar-refractivity contribution < 1.29 is 24.3 Å². The first-order valence-corrected chi connectivity index (χ1v) is 6.74. The van der Waals surface area contributed by atoms with Gasteiger partial charge in [0.2, 0.25) is 5.91 Å². The van der Waals surface area contributed by atoms with Gasteiger partial charge in [0, 0.05) is 13.1 Å². The molecule has 0 aromatic heterocycles. The molecule has 1 rings (SSSR count). The van der Waals surface area contributed by atoms with E-state index in [1.54, 1.807) is 20.8 Å². The summed E-state index contributed by atoms with van der Waals surface area (Å²) in [7, 11) is 0. The lowest BCUT2D eigenvalue weighted by atomic mass is 9.99. The molecule has 0 bridgehead atoms. The Hall–Kier alpha value is -2.12. The van der Waals surface area contributed by atoms with Crippen LogP contribution in [0.5, 0.6) is 0 Å². The molecule has 0 spiro atoms. The highest BCUT2D eigenvalue weighted by Gasteiger charge is 2.44. The number of nitrogens with zero attached hydrogens (tertiary/aromatic N) is 2. The molecule has 0 aliphatic carbocycles. The topological polar surface area (TPSA) is 107 Å². The minimum Gasteiger partial charge on any atom is -0.481 e. The van der Waals surface area contributed by atoms with Gasteiger partial charge in [-0.05, 0) is 20.8 Å². The van der Waals surface area contributed by atoms with Crippen LogP contribution in [0.4, 0.5) is 4.79 Å². The van der Waals surface area contributed by atoms with Crippen LogP contribution in [-0.2, 0) is 14.4 Å². The van der Waals surface area contributed by atoms with Gasteiger partial charge in [-0.2, -0.15) is 0 Å². The second kappa shape index (κ2) is 6.11. The summed E-state index contributed by atoms with van der Waals surface area (Å²) in [5.74, 6) is -2.83. The van der Waals surface area contributed by atoms with Crippen LogP contribution in [0.15, 0.2) is 0 Å². The third-order valence-electron chi connectivity index (χ3n) is 3.58. The van der Waals surface area contributed by atoms with Crippen LogP contribution >= 0.6 is 0 Å². The maximum absolute atomic E-state index is 12.5. The maximum Gasteiger partial charge on any atom is 0.321 e. The summed E-state index contributed by atoms with van der Waals surface area (Å²) >= 11 is 0. The van der Waals surface area contributed by atoms with Gasteiger partial charge in [-0.1, -0.05) is 6.92 Å². The monoisotopic (exact) mass is 299 g/mol. The third-order valence-corrected chi connectivity index (χ3v) is 3.58. The number of carbonyl (C=O) groups excluding carboxylic acids is 3. The average Bonchev–Trinajstić information content (AvgIpc) is 2.39. The van der Waals surface area contributed by atoms with Crippen molar-refractivity contribution in [3.63, 3.8) is 0 Å². The highest BCUT2D eigenvalue weighted by atomic mass is 16.4. The molecular weight excluding hydrogens is 278 g/mol. The fourth-order valence-electron chi connectivity index (χ4n) is 2.01. The van der Waals surface area contributed by atoms with Gasteiger partial charge in [-0.15, -0.1) is 0 Å². The Labute approximate surface area is 123 Å². The number of carbonyl (C=O) groups is 4. The summed E-state index contributed by atoms with van der Waals surface area (Å²) < 4.78 is 0. The Kier molecular flexibility index (Phi) is 4.93. The zero-order valence-corrected chi connectivity index (χ0v) is 12.7. The normalized spacial score (nSPS) is 19.0. The largest absolute Gasteiger partial charge is 0.481 e. The molecule has 0 aromatic rings. The molecule has 0 saturated carbocycles. The molecule has 1 heterocycles. The van der Waals surface area contributed by atoms with Crippen LogP contribution in [-0.4, -0.2) is 63.9 Å². The molecule has 21 heavy (non-hydrogen) atoms. The number of carboxylic acids is 1. The molecule has 1 saturated heterocycles. The number of imide groups is 1. The van der Waals surface area contributed by atoms with Crippen molar-refractivity contribution in [3.8, 4) is 0 Å². The number of amides is 4. The van der Waals surface area contributed by atoms with E-state index in [4.69, 9.17) is 5.11 Å². The fraction of sp³-hybridized carbons (Fsp3) is 0.692. The van der Waals surface area contributed by atoms with Crippen LogP contribution in [0.25, 0.3) is 0 Å². The van der Waals surface area contributed by atoms with Crippen molar-refractivity contribution in [1.29, 1.82) is 0 Å². The van der Waals surface area contributed by atoms with E-state index in [1.165, 1.54) is 16.7 Å². The Morgan fingerprint density at radius 3 is 2.48 bits per heavy atom. The lowest BCUT2D eigenvalue weighted by molar-refractivity contribution is -0.144. The lowest BCUT2D eigenvalue weighted by Crippen LogP contribution is -2.67. The molecule has 1 aliphatic heterocycles. The number of urea groups is 1. The number of piperazine rings is 1. The second-order valence-corrected chi connectivity index (χ2v) is 5.58. The van der Waals surface area contributed by atoms with Gasteiger partial charge in [0.15, 0.2) is 0 Å². The van der Waals surface area contributed by atoms with Crippen molar-refractivity contribution >= 4 is 23.8 Å². The highest BCUT2D eigenvalue weighted by Crippen LogP contribution is 2.20. The first-order valence-electron chi connectivity index (χ1n) is 6.74. The van der Waals surface area contributed by atoms with E-state index >= 15 is 0 Å². The lowest BCUT2D eigenvalue weighted by Gasteiger charge is -2.42. The molecule has 118 valence electrons. The van der Waals surface area contributed by atoms with Crippen LogP contribution < -0.4 is 5.32 Å². The molecule has 1 atom stereocenters. The average molecular weight is 299 g/mol. The zero-order chi connectivity index (χ0) is 16.4. The second-order valence-electron chi connectivity index (χ2n) is 5.58. The van der Waals surface area contributed by atoms with Crippen LogP contribution in [0.3, 0.4) is 0 Å². The van der Waals surface area contributed by atoms with Crippen LogP contribution in [0.2, 0.25) is 0 Å². The van der Waals surface area contributed by atoms with Crippen LogP contribution in [0, 0.1) is 5.92 Å². The Morgan fingerprint density at radius 2 is 2.00 bits per heavy atom. The van der Waals surface area contributed by atoms with Gasteiger partial charge < -0.3 is 14.9 Å². The Bertz CT molecular complexity index is 474. The first-order chi connectivity index (χ1) is 9.61. The number of carboxylic acid groups (broad SMARTS) is 1. The summed E-state index contributed by atoms with van der Waals surface area (Å²) in [6.45, 7) is 6.38. The van der Waals surface area contributed by atoms with E-state index in [0.717, 1.165) is 0 Å². The molecule has 1 aliphatic rings. The van der Waals surface area contributed by atoms with E-state index < -0.39 is 35.3 Å². The summed E-state index contributed by atoms with van der Waals surface area (Å²) in [5.41, 5.74) is -1.16. The van der Waals surface area contributed by atoms with Gasteiger partial charge >= 0.3 is 12.0 Å². The third kappa shape index (κ3) is 3.50. The number of hydrogen-bond acceptors (Lipinski definition) is 4. The Balaban J connectivity index is 2.94. The van der Waals surface area contributed by atoms with Gasteiger partial charge in [0.25, 0.3) is 5.91 Å². The molecule has 1 fully saturated rings. The van der Waals surface area contributed by atoms with Gasteiger partial charge in [-0.25, -0.2) is 4.79 Å². The fourth-order valence-corrected chi connectivity index (χ4v) is 2.01. The quantitative estimate of drug-likeness (QED) is 0.704. The number of aliphatic carboxylic acids is 1. The number of rotatable bonds is 4. The molecule has 4 amide bonds. The first kappa shape index (κ1) is 16.9. The van der Waals surface area contributed by atoms with Gasteiger partial charge in [0.1, 0.15) is 12.1 Å². The van der Waals surface area contributed by atoms with Crippen molar-refractivity contribution in [3.05, 3.63) is 0 Å². The predicted octanol–water partition coefficient (Wildman–Crippen LogP) is -0.114. The van der Waals surface area contributed by atoms with Gasteiger partial charge in [-0.3, -0.25) is 19.7 Å². The SMILES string of the molecule is CCN(CC(C)C(=O)O)C(=O)N1CC(=O)NC(=O)C1(C)C. The van der Waals surface area contributed by atoms with E-state index in [0.29, 0.717) is 6.54 Å². The van der Waals surface area contributed by atoms with Crippen molar-refractivity contribution in [2.45, 2.75) is 33.2 Å².